The first-order valence-electron chi connectivity index (χ1n) is 5.73. The first kappa shape index (κ1) is 11.6. The Morgan fingerprint density at radius 2 is 2.18 bits per heavy atom. The highest BCUT2D eigenvalue weighted by atomic mass is 16.2. The van der Waals surface area contributed by atoms with Crippen molar-refractivity contribution in [1.82, 2.24) is 10.2 Å². The van der Waals surface area contributed by atoms with Crippen molar-refractivity contribution in [2.24, 2.45) is 0 Å². The molecule has 1 aromatic rings. The fraction of sp³-hybridized carbons (Fsp3) is 0.385. The monoisotopic (exact) mass is 229 g/mol. The number of nitrogens with zero attached hydrogens (tertiary/aromatic N) is 2. The molecule has 1 aliphatic heterocycles. The molecule has 1 atom stereocenters. The maximum Gasteiger partial charge on any atom is 0.253 e. The van der Waals surface area contributed by atoms with Gasteiger partial charge in [0, 0.05) is 31.2 Å². The first-order chi connectivity index (χ1) is 8.20. The minimum atomic E-state index is 0.0443. The van der Waals surface area contributed by atoms with Crippen molar-refractivity contribution in [2.75, 3.05) is 19.6 Å². The van der Waals surface area contributed by atoms with Crippen LogP contribution in [-0.2, 0) is 0 Å². The van der Waals surface area contributed by atoms with Crippen molar-refractivity contribution in [3.63, 3.8) is 0 Å². The zero-order valence-electron chi connectivity index (χ0n) is 9.81. The first-order valence-corrected chi connectivity index (χ1v) is 5.73. The zero-order valence-corrected chi connectivity index (χ0v) is 9.81. The van der Waals surface area contributed by atoms with Crippen molar-refractivity contribution in [3.8, 4) is 6.07 Å². The molecule has 1 fully saturated rings. The van der Waals surface area contributed by atoms with Gasteiger partial charge in [-0.2, -0.15) is 5.26 Å². The smallest absolute Gasteiger partial charge is 0.253 e. The average molecular weight is 229 g/mol. The maximum atomic E-state index is 12.2. The second kappa shape index (κ2) is 4.98. The topological polar surface area (TPSA) is 56.1 Å². The van der Waals surface area contributed by atoms with Crippen LogP contribution in [0, 0.1) is 11.3 Å². The fourth-order valence-electron chi connectivity index (χ4n) is 1.99. The van der Waals surface area contributed by atoms with Crippen molar-refractivity contribution in [2.45, 2.75) is 13.0 Å². The average Bonchev–Trinajstić information content (AvgIpc) is 2.38. The molecule has 0 spiro atoms. The largest absolute Gasteiger partial charge is 0.336 e. The highest BCUT2D eigenvalue weighted by Gasteiger charge is 2.21. The van der Waals surface area contributed by atoms with E-state index >= 15 is 0 Å². The van der Waals surface area contributed by atoms with E-state index in [1.807, 2.05) is 11.0 Å². The van der Waals surface area contributed by atoms with Gasteiger partial charge < -0.3 is 10.2 Å². The van der Waals surface area contributed by atoms with Crippen LogP contribution in [0.1, 0.15) is 22.8 Å². The van der Waals surface area contributed by atoms with E-state index in [1.165, 1.54) is 0 Å². The van der Waals surface area contributed by atoms with E-state index in [1.54, 1.807) is 24.3 Å². The summed E-state index contributed by atoms with van der Waals surface area (Å²) in [4.78, 5) is 14.0. The summed E-state index contributed by atoms with van der Waals surface area (Å²) in [5, 5.41) is 12.0. The van der Waals surface area contributed by atoms with Crippen LogP contribution < -0.4 is 5.32 Å². The predicted octanol–water partition coefficient (Wildman–Crippen LogP) is 0.992. The molecule has 0 radical (unpaired) electrons. The Bertz CT molecular complexity index is 447. The molecule has 0 aromatic heterocycles. The molecular formula is C13H15N3O. The van der Waals surface area contributed by atoms with E-state index in [-0.39, 0.29) is 5.91 Å². The Morgan fingerprint density at radius 1 is 1.47 bits per heavy atom. The van der Waals surface area contributed by atoms with Crippen LogP contribution >= 0.6 is 0 Å². The molecule has 4 heteroatoms. The SMILES string of the molecule is C[C@@H]1CN(C(=O)c2ccc(C#N)cc2)CCN1. The number of benzene rings is 1. The van der Waals surface area contributed by atoms with E-state index < -0.39 is 0 Å². The highest BCUT2D eigenvalue weighted by Crippen LogP contribution is 2.09. The van der Waals surface area contributed by atoms with Crippen LogP contribution in [0.15, 0.2) is 24.3 Å². The summed E-state index contributed by atoms with van der Waals surface area (Å²) in [7, 11) is 0. The number of hydrogen-bond donors (Lipinski definition) is 1. The number of hydrogen-bond acceptors (Lipinski definition) is 3. The van der Waals surface area contributed by atoms with Crippen LogP contribution in [-0.4, -0.2) is 36.5 Å². The summed E-state index contributed by atoms with van der Waals surface area (Å²) in [6.45, 7) is 4.38. The Labute approximate surface area is 101 Å². The molecule has 2 rings (SSSR count). The van der Waals surface area contributed by atoms with E-state index in [4.69, 9.17) is 5.26 Å². The maximum absolute atomic E-state index is 12.2. The van der Waals surface area contributed by atoms with Gasteiger partial charge in [-0.15, -0.1) is 0 Å². The minimum Gasteiger partial charge on any atom is -0.336 e. The summed E-state index contributed by atoms with van der Waals surface area (Å²) >= 11 is 0. The normalized spacial score (nSPS) is 19.8. The highest BCUT2D eigenvalue weighted by molar-refractivity contribution is 5.94. The lowest BCUT2D eigenvalue weighted by molar-refractivity contribution is 0.0709. The molecule has 0 unspecified atom stereocenters. The molecule has 0 bridgehead atoms. The van der Waals surface area contributed by atoms with Crippen LogP contribution in [0.3, 0.4) is 0 Å². The third-order valence-corrected chi connectivity index (χ3v) is 2.92. The molecular weight excluding hydrogens is 214 g/mol. The number of nitriles is 1. The van der Waals surface area contributed by atoms with Gasteiger partial charge in [0.2, 0.25) is 0 Å². The molecule has 88 valence electrons. The third-order valence-electron chi connectivity index (χ3n) is 2.92. The molecule has 17 heavy (non-hydrogen) atoms. The molecule has 1 heterocycles. The molecule has 1 aromatic carbocycles. The summed E-state index contributed by atoms with van der Waals surface area (Å²) in [5.41, 5.74) is 1.23. The second-order valence-electron chi connectivity index (χ2n) is 4.30. The summed E-state index contributed by atoms with van der Waals surface area (Å²) < 4.78 is 0. The molecule has 1 aliphatic rings. The number of carbonyl (C=O) groups excluding carboxylic acids is 1. The lowest BCUT2D eigenvalue weighted by Gasteiger charge is -2.31. The Kier molecular flexibility index (Phi) is 3.40. The van der Waals surface area contributed by atoms with E-state index in [9.17, 15) is 4.79 Å². The number of nitrogens with one attached hydrogen (secondary N) is 1. The minimum absolute atomic E-state index is 0.0443. The van der Waals surface area contributed by atoms with Gasteiger partial charge in [-0.3, -0.25) is 4.79 Å². The summed E-state index contributed by atoms with van der Waals surface area (Å²) in [6.07, 6.45) is 0. The van der Waals surface area contributed by atoms with Crippen molar-refractivity contribution in [3.05, 3.63) is 35.4 Å². The van der Waals surface area contributed by atoms with Crippen molar-refractivity contribution >= 4 is 5.91 Å². The molecule has 0 aliphatic carbocycles. The van der Waals surface area contributed by atoms with Gasteiger partial charge >= 0.3 is 0 Å². The zero-order chi connectivity index (χ0) is 12.3. The molecule has 1 saturated heterocycles. The number of carbonyl (C=O) groups is 1. The third kappa shape index (κ3) is 2.63. The van der Waals surface area contributed by atoms with Gasteiger partial charge in [-0.1, -0.05) is 0 Å². The molecule has 0 saturated carbocycles. The Hall–Kier alpha value is -1.86. The number of rotatable bonds is 1. The number of piperazine rings is 1. The van der Waals surface area contributed by atoms with E-state index in [0.29, 0.717) is 17.2 Å². The van der Waals surface area contributed by atoms with Crippen LogP contribution in [0.25, 0.3) is 0 Å². The fourth-order valence-corrected chi connectivity index (χ4v) is 1.99. The molecule has 1 N–H and O–H groups in total. The van der Waals surface area contributed by atoms with Crippen molar-refractivity contribution < 1.29 is 4.79 Å². The quantitative estimate of drug-likeness (QED) is 0.781. The van der Waals surface area contributed by atoms with Gasteiger partial charge in [0.25, 0.3) is 5.91 Å². The molecule has 1 amide bonds. The number of amides is 1. The standard InChI is InChI=1S/C13H15N3O/c1-10-9-16(7-6-15-10)13(17)12-4-2-11(8-14)3-5-12/h2-5,10,15H,6-7,9H2,1H3/t10-/m1/s1. The van der Waals surface area contributed by atoms with Gasteiger partial charge in [-0.05, 0) is 31.2 Å². The second-order valence-corrected chi connectivity index (χ2v) is 4.30. The molecule has 4 nitrogen and oxygen atoms in total. The van der Waals surface area contributed by atoms with E-state index in [0.717, 1.165) is 19.6 Å². The lowest BCUT2D eigenvalue weighted by atomic mass is 10.1. The van der Waals surface area contributed by atoms with Gasteiger partial charge in [0.1, 0.15) is 0 Å². The van der Waals surface area contributed by atoms with Crippen LogP contribution in [0.4, 0.5) is 0 Å². The van der Waals surface area contributed by atoms with Crippen LogP contribution in [0.2, 0.25) is 0 Å². The lowest BCUT2D eigenvalue weighted by Crippen LogP contribution is -2.51. The van der Waals surface area contributed by atoms with Gasteiger partial charge in [-0.25, -0.2) is 0 Å². The van der Waals surface area contributed by atoms with Crippen molar-refractivity contribution in [1.29, 1.82) is 5.26 Å². The van der Waals surface area contributed by atoms with E-state index in [2.05, 4.69) is 12.2 Å². The van der Waals surface area contributed by atoms with Gasteiger partial charge in [0.15, 0.2) is 0 Å². The van der Waals surface area contributed by atoms with Crippen LogP contribution in [0.5, 0.6) is 0 Å². The Balaban J connectivity index is 2.11. The summed E-state index contributed by atoms with van der Waals surface area (Å²) in [6, 6.07) is 9.17. The van der Waals surface area contributed by atoms with Gasteiger partial charge in [0.05, 0.1) is 11.6 Å². The summed E-state index contributed by atoms with van der Waals surface area (Å²) in [5.74, 6) is 0.0443. The predicted molar refractivity (Wildman–Crippen MR) is 64.5 cm³/mol. The Morgan fingerprint density at radius 3 is 2.76 bits per heavy atom.